The molecule has 0 spiro atoms. The molecule has 1 aromatic rings. The van der Waals surface area contributed by atoms with Crippen molar-refractivity contribution in [3.8, 4) is 0 Å². The van der Waals surface area contributed by atoms with E-state index in [0.717, 1.165) is 0 Å². The average molecular weight is 599 g/mol. The van der Waals surface area contributed by atoms with Crippen molar-refractivity contribution in [3.63, 3.8) is 0 Å². The number of aliphatic hydroxyl groups is 1. The summed E-state index contributed by atoms with van der Waals surface area (Å²) in [7, 11) is 0. The van der Waals surface area contributed by atoms with E-state index in [1.807, 2.05) is 27.7 Å². The molecule has 234 valence electrons. The Bertz CT molecular complexity index is 1370. The Hall–Kier alpha value is -3.27. The van der Waals surface area contributed by atoms with Gasteiger partial charge in [0, 0.05) is 49.4 Å². The minimum atomic E-state index is -1.98. The fraction of sp³-hybridized carbons (Fsp3) is 0.667. The monoisotopic (exact) mass is 598 g/mol. The maximum Gasteiger partial charge on any atom is 0.338 e. The van der Waals surface area contributed by atoms with E-state index in [9.17, 15) is 29.1 Å². The Morgan fingerprint density at radius 3 is 1.98 bits per heavy atom. The number of ether oxygens (including phenoxy) is 4. The quantitative estimate of drug-likeness (QED) is 0.393. The van der Waals surface area contributed by atoms with Crippen LogP contribution in [0.3, 0.4) is 0 Å². The Labute approximate surface area is 251 Å². The summed E-state index contributed by atoms with van der Waals surface area (Å²) in [5.41, 5.74) is -6.01. The second kappa shape index (κ2) is 9.87. The third-order valence-electron chi connectivity index (χ3n) is 11.2. The highest BCUT2D eigenvalue weighted by Crippen LogP contribution is 2.75. The van der Waals surface area contributed by atoms with Crippen LogP contribution < -0.4 is 0 Å². The fourth-order valence-corrected chi connectivity index (χ4v) is 9.54. The molecule has 10 heteroatoms. The third-order valence-corrected chi connectivity index (χ3v) is 11.2. The van der Waals surface area contributed by atoms with Crippen molar-refractivity contribution in [2.45, 2.75) is 104 Å². The maximum atomic E-state index is 13.7. The van der Waals surface area contributed by atoms with E-state index in [1.54, 1.807) is 37.3 Å². The summed E-state index contributed by atoms with van der Waals surface area (Å²) in [6, 6.07) is 8.24. The van der Waals surface area contributed by atoms with Crippen molar-refractivity contribution in [3.05, 3.63) is 35.9 Å². The normalized spacial score (nSPS) is 42.3. The number of benzene rings is 1. The largest absolute Gasteiger partial charge is 0.461 e. The van der Waals surface area contributed by atoms with Crippen LogP contribution in [-0.2, 0) is 38.1 Å². The number of hydrogen-bond donors (Lipinski definition) is 1. The number of esters is 4. The minimum Gasteiger partial charge on any atom is -0.461 e. The van der Waals surface area contributed by atoms with Gasteiger partial charge in [0.25, 0.3) is 0 Å². The Kier molecular flexibility index (Phi) is 7.16. The summed E-state index contributed by atoms with van der Waals surface area (Å²) in [5.74, 6) is -4.48. The third kappa shape index (κ3) is 4.42. The van der Waals surface area contributed by atoms with E-state index in [2.05, 4.69) is 0 Å². The van der Waals surface area contributed by atoms with E-state index in [0.29, 0.717) is 12.8 Å². The van der Waals surface area contributed by atoms with Crippen LogP contribution in [0.1, 0.15) is 85.0 Å². The van der Waals surface area contributed by atoms with Gasteiger partial charge < -0.3 is 24.1 Å². The predicted octanol–water partition coefficient (Wildman–Crippen LogP) is 3.81. The standard InChI is InChI=1S/C33H42O10/c1-17(34)40-25-23-26(42-27(38)20-12-10-9-11-13-20)31(7,43-19(3)36)16-33(23,39)28(41-18(2)35)32(8)22-15-29(4,5)24(37)21(22)14-30(25,32)6/h9-13,21-23,25-26,28,39H,14-16H2,1-8H3. The zero-order valence-corrected chi connectivity index (χ0v) is 26.1. The molecule has 4 aliphatic carbocycles. The zero-order chi connectivity index (χ0) is 31.9. The molecule has 0 aliphatic heterocycles. The number of hydrogen-bond acceptors (Lipinski definition) is 10. The summed E-state index contributed by atoms with van der Waals surface area (Å²) in [4.78, 5) is 65.2. The minimum absolute atomic E-state index is 0.0754. The highest BCUT2D eigenvalue weighted by molar-refractivity contribution is 5.90. The van der Waals surface area contributed by atoms with E-state index >= 15 is 0 Å². The van der Waals surface area contributed by atoms with Gasteiger partial charge in [0.2, 0.25) is 0 Å². The molecular formula is C33H42O10. The lowest BCUT2D eigenvalue weighted by molar-refractivity contribution is -0.284. The first-order valence-electron chi connectivity index (χ1n) is 14.9. The highest BCUT2D eigenvalue weighted by Gasteiger charge is 2.83. The van der Waals surface area contributed by atoms with Gasteiger partial charge in [-0.2, -0.15) is 0 Å². The molecule has 0 amide bonds. The number of Topliss-reactive ketones (excluding diaryl/α,β-unsaturated/α-hetero) is 1. The molecule has 43 heavy (non-hydrogen) atoms. The number of carbonyl (C=O) groups is 5. The first-order valence-corrected chi connectivity index (χ1v) is 14.9. The van der Waals surface area contributed by atoms with Crippen molar-refractivity contribution in [1.29, 1.82) is 0 Å². The lowest BCUT2D eigenvalue weighted by Gasteiger charge is -2.62. The number of carbonyl (C=O) groups excluding carboxylic acids is 5. The Balaban J connectivity index is 1.74. The molecule has 0 saturated heterocycles. The van der Waals surface area contributed by atoms with E-state index in [-0.39, 0.29) is 23.7 Å². The maximum absolute atomic E-state index is 13.7. The Morgan fingerprint density at radius 2 is 1.42 bits per heavy atom. The molecule has 0 aromatic heterocycles. The van der Waals surface area contributed by atoms with Gasteiger partial charge in [0.05, 0.1) is 11.5 Å². The van der Waals surface area contributed by atoms with Crippen LogP contribution in [0.15, 0.2) is 30.3 Å². The first-order chi connectivity index (χ1) is 19.8. The molecule has 4 fully saturated rings. The summed E-state index contributed by atoms with van der Waals surface area (Å²) in [5, 5.41) is 12.9. The van der Waals surface area contributed by atoms with E-state index in [4.69, 9.17) is 18.9 Å². The molecule has 1 aromatic carbocycles. The molecule has 0 radical (unpaired) electrons. The van der Waals surface area contributed by atoms with Crippen molar-refractivity contribution in [2.24, 2.45) is 34.0 Å². The summed E-state index contributed by atoms with van der Waals surface area (Å²) >= 11 is 0. The molecule has 10 nitrogen and oxygen atoms in total. The van der Waals surface area contributed by atoms with Gasteiger partial charge in [0.15, 0.2) is 6.10 Å². The van der Waals surface area contributed by atoms with Crippen molar-refractivity contribution >= 4 is 29.7 Å². The summed E-state index contributed by atoms with van der Waals surface area (Å²) in [6.45, 7) is 12.9. The fourth-order valence-electron chi connectivity index (χ4n) is 9.54. The summed E-state index contributed by atoms with van der Waals surface area (Å²) in [6.07, 6.45) is -3.06. The van der Waals surface area contributed by atoms with Crippen LogP contribution in [0.5, 0.6) is 0 Å². The van der Waals surface area contributed by atoms with Crippen LogP contribution in [-0.4, -0.2) is 64.3 Å². The number of fused-ring (bicyclic) bond motifs is 4. The van der Waals surface area contributed by atoms with Gasteiger partial charge in [-0.15, -0.1) is 0 Å². The molecular weight excluding hydrogens is 556 g/mol. The van der Waals surface area contributed by atoms with Crippen LogP contribution in [0.2, 0.25) is 0 Å². The topological polar surface area (TPSA) is 142 Å². The van der Waals surface area contributed by atoms with Crippen LogP contribution >= 0.6 is 0 Å². The number of ketones is 1. The molecule has 4 saturated carbocycles. The van der Waals surface area contributed by atoms with E-state index < -0.39 is 81.5 Å². The van der Waals surface area contributed by atoms with Gasteiger partial charge in [-0.05, 0) is 37.8 Å². The van der Waals surface area contributed by atoms with Crippen molar-refractivity contribution < 1.29 is 48.0 Å². The molecule has 4 aliphatic rings. The van der Waals surface area contributed by atoms with Crippen molar-refractivity contribution in [1.82, 2.24) is 0 Å². The predicted molar refractivity (Wildman–Crippen MR) is 151 cm³/mol. The van der Waals surface area contributed by atoms with Crippen LogP contribution in [0.25, 0.3) is 0 Å². The molecule has 1 N–H and O–H groups in total. The van der Waals surface area contributed by atoms with Crippen LogP contribution in [0, 0.1) is 34.0 Å². The molecule has 0 heterocycles. The average Bonchev–Trinajstić information content (AvgIpc) is 3.35. The van der Waals surface area contributed by atoms with Gasteiger partial charge >= 0.3 is 23.9 Å². The molecule has 10 atom stereocenters. The van der Waals surface area contributed by atoms with Gasteiger partial charge in [-0.25, -0.2) is 4.79 Å². The van der Waals surface area contributed by atoms with Gasteiger partial charge in [-0.1, -0.05) is 45.9 Å². The van der Waals surface area contributed by atoms with Crippen LogP contribution in [0.4, 0.5) is 0 Å². The SMILES string of the molecule is CC(=O)OC1C2C(OC(=O)c3ccccc3)C(C)(OC(C)=O)CC2(O)C(OC(C)=O)C2(C)C3CC(C)(C)C(=O)C3CC12C. The second-order valence-electron chi connectivity index (χ2n) is 14.4. The Morgan fingerprint density at radius 1 is 0.814 bits per heavy atom. The lowest BCUT2D eigenvalue weighted by Crippen LogP contribution is -2.72. The molecule has 5 rings (SSSR count). The smallest absolute Gasteiger partial charge is 0.338 e. The van der Waals surface area contributed by atoms with Crippen molar-refractivity contribution in [2.75, 3.05) is 0 Å². The zero-order valence-electron chi connectivity index (χ0n) is 26.1. The highest BCUT2D eigenvalue weighted by atomic mass is 16.6. The second-order valence-corrected chi connectivity index (χ2v) is 14.4. The lowest BCUT2D eigenvalue weighted by atomic mass is 9.47. The first kappa shape index (κ1) is 31.2. The van der Waals surface area contributed by atoms with Gasteiger partial charge in [-0.3, -0.25) is 19.2 Å². The van der Waals surface area contributed by atoms with E-state index in [1.165, 1.54) is 20.8 Å². The molecule has 10 unspecified atom stereocenters. The molecule has 0 bridgehead atoms. The number of rotatable bonds is 5. The summed E-state index contributed by atoms with van der Waals surface area (Å²) < 4.78 is 24.1. The van der Waals surface area contributed by atoms with Gasteiger partial charge in [0.1, 0.15) is 29.2 Å².